The Morgan fingerprint density at radius 1 is 0.722 bits per heavy atom. The third kappa shape index (κ3) is 36.0. The van der Waals surface area contributed by atoms with Crippen molar-refractivity contribution in [1.82, 2.24) is 0 Å². The van der Waals surface area contributed by atoms with Crippen molar-refractivity contribution in [1.29, 1.82) is 0 Å². The van der Waals surface area contributed by atoms with E-state index in [9.17, 15) is 0 Å². The summed E-state index contributed by atoms with van der Waals surface area (Å²) in [6.07, 6.45) is 13.3. The van der Waals surface area contributed by atoms with Gasteiger partial charge >= 0.3 is 7.82 Å². The van der Waals surface area contributed by atoms with Crippen molar-refractivity contribution in [2.45, 2.75) is 71.1 Å². The summed E-state index contributed by atoms with van der Waals surface area (Å²) >= 11 is 0. The van der Waals surface area contributed by atoms with Crippen LogP contribution in [0.1, 0.15) is 71.1 Å². The number of phosphoric acid groups is 1. The second-order valence-corrected chi connectivity index (χ2v) is 5.45. The highest BCUT2D eigenvalue weighted by Gasteiger charge is 2.00. The van der Waals surface area contributed by atoms with Crippen LogP contribution in [0.15, 0.2) is 0 Å². The van der Waals surface area contributed by atoms with Gasteiger partial charge in [0.2, 0.25) is 0 Å². The molecule has 0 saturated carbocycles. The van der Waals surface area contributed by atoms with E-state index < -0.39 is 7.82 Å². The van der Waals surface area contributed by atoms with E-state index in [4.69, 9.17) is 24.4 Å². The zero-order valence-electron chi connectivity index (χ0n) is 11.4. The number of hydrogen-bond donors (Lipinski definition) is 4. The lowest BCUT2D eigenvalue weighted by molar-refractivity contribution is 0.275. The maximum Gasteiger partial charge on any atom is 0.466 e. The third-order valence-corrected chi connectivity index (χ3v) is 2.51. The number of unbranched alkanes of at least 4 members (excludes halogenated alkanes) is 9. The maximum absolute atomic E-state index is 8.88. The summed E-state index contributed by atoms with van der Waals surface area (Å²) in [5.74, 6) is 0. The van der Waals surface area contributed by atoms with E-state index in [0.717, 1.165) is 6.42 Å². The Hall–Kier alpha value is 0.0700. The zero-order chi connectivity index (χ0) is 14.3. The lowest BCUT2D eigenvalue weighted by atomic mass is 10.1. The van der Waals surface area contributed by atoms with E-state index >= 15 is 0 Å². The Morgan fingerprint density at radius 3 is 1.28 bits per heavy atom. The minimum absolute atomic E-state index is 0.372. The van der Waals surface area contributed by atoms with E-state index in [1.165, 1.54) is 57.8 Å². The summed E-state index contributed by atoms with van der Waals surface area (Å²) in [5.41, 5.74) is 0. The molecule has 112 valence electrons. The van der Waals surface area contributed by atoms with Crippen LogP contribution in [0, 0.1) is 0 Å². The van der Waals surface area contributed by atoms with Crippen LogP contribution in [0.4, 0.5) is 0 Å². The Labute approximate surface area is 110 Å². The summed E-state index contributed by atoms with van der Waals surface area (Å²) < 4.78 is 8.88. The number of aliphatic hydroxyl groups is 1. The molecule has 0 radical (unpaired) electrons. The van der Waals surface area contributed by atoms with Gasteiger partial charge in [0, 0.05) is 6.61 Å². The molecule has 0 aliphatic carbocycles. The van der Waals surface area contributed by atoms with Crippen molar-refractivity contribution in [2.24, 2.45) is 0 Å². The monoisotopic (exact) mass is 284 g/mol. The van der Waals surface area contributed by atoms with Gasteiger partial charge in [0.25, 0.3) is 0 Å². The van der Waals surface area contributed by atoms with Gasteiger partial charge in [0.05, 0.1) is 0 Å². The van der Waals surface area contributed by atoms with Crippen LogP contribution in [-0.2, 0) is 4.57 Å². The molecule has 0 bridgehead atoms. The lowest BCUT2D eigenvalue weighted by Gasteiger charge is -2.00. The number of aliphatic hydroxyl groups excluding tert-OH is 1. The number of rotatable bonds is 10. The average molecular weight is 284 g/mol. The SMILES string of the molecule is CCCCCCCCCCCCO.O=P(O)(O)O. The predicted octanol–water partition coefficient (Wildman–Crippen LogP) is 2.97. The third-order valence-electron chi connectivity index (χ3n) is 2.51. The van der Waals surface area contributed by atoms with Crippen molar-refractivity contribution in [3.05, 3.63) is 0 Å². The quantitative estimate of drug-likeness (QED) is 0.365. The summed E-state index contributed by atoms with van der Waals surface area (Å²) in [4.78, 5) is 21.6. The smallest absolute Gasteiger partial charge is 0.396 e. The zero-order valence-corrected chi connectivity index (χ0v) is 12.3. The first-order valence-corrected chi connectivity index (χ1v) is 8.37. The normalized spacial score (nSPS) is 10.9. The molecule has 0 aromatic rings. The Balaban J connectivity index is 0. The standard InChI is InChI=1S/C12H26O.H3O4P/c1-2-3-4-5-6-7-8-9-10-11-12-13;1-5(2,3)4/h13H,2-12H2,1H3;(H3,1,2,3,4). The minimum atomic E-state index is -4.64. The Kier molecular flexibility index (Phi) is 17.1. The molecule has 0 atom stereocenters. The molecular weight excluding hydrogens is 255 g/mol. The molecule has 5 nitrogen and oxygen atoms in total. The molecule has 6 heteroatoms. The number of hydrogen-bond acceptors (Lipinski definition) is 2. The molecule has 0 aromatic heterocycles. The molecule has 18 heavy (non-hydrogen) atoms. The van der Waals surface area contributed by atoms with Crippen LogP contribution < -0.4 is 0 Å². The van der Waals surface area contributed by atoms with Crippen LogP contribution in [0.2, 0.25) is 0 Å². The van der Waals surface area contributed by atoms with Crippen molar-refractivity contribution in [3.63, 3.8) is 0 Å². The van der Waals surface area contributed by atoms with Crippen molar-refractivity contribution >= 4 is 7.82 Å². The minimum Gasteiger partial charge on any atom is -0.396 e. The van der Waals surface area contributed by atoms with Gasteiger partial charge in [-0.2, -0.15) is 0 Å². The van der Waals surface area contributed by atoms with Gasteiger partial charge in [-0.25, -0.2) is 4.57 Å². The van der Waals surface area contributed by atoms with Gasteiger partial charge in [-0.1, -0.05) is 64.7 Å². The van der Waals surface area contributed by atoms with Crippen molar-refractivity contribution in [2.75, 3.05) is 6.61 Å². The first kappa shape index (κ1) is 20.4. The van der Waals surface area contributed by atoms with Crippen molar-refractivity contribution in [3.8, 4) is 0 Å². The summed E-state index contributed by atoms with van der Waals surface area (Å²) in [7, 11) is -4.64. The van der Waals surface area contributed by atoms with Crippen LogP contribution in [-0.4, -0.2) is 26.4 Å². The van der Waals surface area contributed by atoms with Crippen LogP contribution in [0.25, 0.3) is 0 Å². The highest BCUT2D eigenvalue weighted by molar-refractivity contribution is 7.45. The van der Waals surface area contributed by atoms with Gasteiger partial charge in [-0.15, -0.1) is 0 Å². The molecule has 0 aliphatic heterocycles. The molecule has 0 rings (SSSR count). The maximum atomic E-state index is 8.88. The van der Waals surface area contributed by atoms with E-state index in [-0.39, 0.29) is 0 Å². The van der Waals surface area contributed by atoms with E-state index in [1.807, 2.05) is 0 Å². The van der Waals surface area contributed by atoms with Gasteiger partial charge in [-0.3, -0.25) is 0 Å². The molecule has 0 heterocycles. The lowest BCUT2D eigenvalue weighted by Crippen LogP contribution is -1.84. The largest absolute Gasteiger partial charge is 0.466 e. The van der Waals surface area contributed by atoms with Gasteiger partial charge in [0.1, 0.15) is 0 Å². The second-order valence-electron chi connectivity index (χ2n) is 4.42. The topological polar surface area (TPSA) is 98.0 Å². The molecule has 0 amide bonds. The van der Waals surface area contributed by atoms with Crippen LogP contribution in [0.3, 0.4) is 0 Å². The fourth-order valence-electron chi connectivity index (χ4n) is 1.60. The van der Waals surface area contributed by atoms with E-state index in [0.29, 0.717) is 6.61 Å². The summed E-state index contributed by atoms with van der Waals surface area (Å²) in [6.45, 7) is 2.63. The van der Waals surface area contributed by atoms with Crippen molar-refractivity contribution < 1.29 is 24.4 Å². The summed E-state index contributed by atoms with van der Waals surface area (Å²) in [6, 6.07) is 0. The molecule has 0 aliphatic rings. The second kappa shape index (κ2) is 15.1. The molecule has 0 saturated heterocycles. The molecular formula is C12H29O5P. The Morgan fingerprint density at radius 2 is 1.00 bits per heavy atom. The molecule has 0 fully saturated rings. The molecule has 0 aromatic carbocycles. The summed E-state index contributed by atoms with van der Waals surface area (Å²) in [5, 5.41) is 8.57. The fourth-order valence-corrected chi connectivity index (χ4v) is 1.60. The molecule has 0 unspecified atom stereocenters. The average Bonchev–Trinajstić information content (AvgIpc) is 2.25. The fraction of sp³-hybridized carbons (Fsp3) is 1.00. The van der Waals surface area contributed by atoms with E-state index in [1.54, 1.807) is 0 Å². The van der Waals surface area contributed by atoms with Gasteiger partial charge < -0.3 is 19.8 Å². The predicted molar refractivity (Wildman–Crippen MR) is 73.2 cm³/mol. The van der Waals surface area contributed by atoms with Crippen LogP contribution >= 0.6 is 7.82 Å². The first-order chi connectivity index (χ1) is 8.41. The highest BCUT2D eigenvalue weighted by atomic mass is 31.2. The Bertz CT molecular complexity index is 175. The van der Waals surface area contributed by atoms with Crippen LogP contribution in [0.5, 0.6) is 0 Å². The molecule has 0 spiro atoms. The van der Waals surface area contributed by atoms with Gasteiger partial charge in [-0.05, 0) is 6.42 Å². The molecule has 4 N–H and O–H groups in total. The van der Waals surface area contributed by atoms with Gasteiger partial charge in [0.15, 0.2) is 0 Å². The van der Waals surface area contributed by atoms with E-state index in [2.05, 4.69) is 6.92 Å². The first-order valence-electron chi connectivity index (χ1n) is 6.81. The highest BCUT2D eigenvalue weighted by Crippen LogP contribution is 2.25.